The molecule has 0 spiro atoms. The van der Waals surface area contributed by atoms with Gasteiger partial charge in [0.15, 0.2) is 22.8 Å². The molecule has 4 heterocycles. The predicted octanol–water partition coefficient (Wildman–Crippen LogP) is 2.10. The zero-order valence-corrected chi connectivity index (χ0v) is 15.6. The Kier molecular flexibility index (Phi) is 3.86. The lowest BCUT2D eigenvalue weighted by Crippen LogP contribution is -2.27. The fraction of sp³-hybridized carbons (Fsp3) is 0.625. The number of fused-ring (bicyclic) bond motifs is 1. The fourth-order valence-electron chi connectivity index (χ4n) is 2.95. The molecule has 1 aliphatic rings. The van der Waals surface area contributed by atoms with E-state index in [1.54, 1.807) is 11.8 Å². The van der Waals surface area contributed by atoms with E-state index < -0.39 is 12.5 Å². The van der Waals surface area contributed by atoms with Gasteiger partial charge in [0, 0.05) is 18.4 Å². The average Bonchev–Trinajstić information content (AvgIpc) is 3.26. The molecule has 9 nitrogen and oxygen atoms in total. The molecule has 144 valence electrons. The molecule has 1 saturated heterocycles. The number of rotatable bonds is 3. The number of aryl methyl sites for hydroxylation is 1. The Labute approximate surface area is 153 Å². The van der Waals surface area contributed by atoms with E-state index in [0.29, 0.717) is 34.5 Å². The van der Waals surface area contributed by atoms with Crippen LogP contribution < -0.4 is 4.90 Å². The first-order valence-electron chi connectivity index (χ1n) is 8.66. The van der Waals surface area contributed by atoms with Crippen molar-refractivity contribution < 1.29 is 13.3 Å². The summed E-state index contributed by atoms with van der Waals surface area (Å²) in [6.07, 6.45) is -0.210. The molecule has 0 radical (unpaired) electrons. The minimum Gasteiger partial charge on any atom is -0.348 e. The Hall–Kier alpha value is -2.72. The van der Waals surface area contributed by atoms with Gasteiger partial charge in [0.1, 0.15) is 12.4 Å². The highest BCUT2D eigenvalue weighted by atomic mass is 19.3. The summed E-state index contributed by atoms with van der Waals surface area (Å²) in [4.78, 5) is 14.9. The van der Waals surface area contributed by atoms with E-state index in [1.807, 2.05) is 20.8 Å². The fourth-order valence-corrected chi connectivity index (χ4v) is 2.95. The number of hydrogen-bond acceptors (Lipinski definition) is 8. The quantitative estimate of drug-likeness (QED) is 0.683. The van der Waals surface area contributed by atoms with Crippen LogP contribution in [0.3, 0.4) is 0 Å². The first kappa shape index (κ1) is 17.7. The molecule has 4 rings (SSSR count). The van der Waals surface area contributed by atoms with Crippen molar-refractivity contribution in [1.29, 1.82) is 0 Å². The summed E-state index contributed by atoms with van der Waals surface area (Å²) < 4.78 is 34.2. The second kappa shape index (κ2) is 5.89. The van der Waals surface area contributed by atoms with Crippen LogP contribution in [0.4, 0.5) is 14.6 Å². The van der Waals surface area contributed by atoms with E-state index in [9.17, 15) is 8.78 Å². The maximum atomic E-state index is 13.8. The van der Waals surface area contributed by atoms with E-state index in [4.69, 9.17) is 4.52 Å². The van der Waals surface area contributed by atoms with Crippen LogP contribution in [0.1, 0.15) is 44.7 Å². The summed E-state index contributed by atoms with van der Waals surface area (Å²) in [5.41, 5.74) is 0.467. The maximum Gasteiger partial charge on any atom is 0.266 e. The minimum absolute atomic E-state index is 0.188. The number of nitrogens with zero attached hydrogens (tertiary/aromatic N) is 8. The number of hydrogen-bond donors (Lipinski definition) is 0. The van der Waals surface area contributed by atoms with Crippen LogP contribution in [0, 0.1) is 6.92 Å². The molecule has 0 N–H and O–H groups in total. The molecule has 0 bridgehead atoms. The lowest BCUT2D eigenvalue weighted by Gasteiger charge is -2.22. The Morgan fingerprint density at radius 3 is 2.56 bits per heavy atom. The predicted molar refractivity (Wildman–Crippen MR) is 91.7 cm³/mol. The van der Waals surface area contributed by atoms with Gasteiger partial charge >= 0.3 is 0 Å². The molecule has 3 aromatic rings. The first-order chi connectivity index (χ1) is 12.6. The van der Waals surface area contributed by atoms with Crippen molar-refractivity contribution in [3.63, 3.8) is 0 Å². The zero-order valence-electron chi connectivity index (χ0n) is 15.6. The van der Waals surface area contributed by atoms with Gasteiger partial charge < -0.3 is 9.42 Å². The molecule has 0 unspecified atom stereocenters. The third kappa shape index (κ3) is 3.33. The molecule has 0 amide bonds. The molecule has 0 atom stereocenters. The SMILES string of the molecule is Cc1noc(Cn2nnc3c(N4CCC(F)(F)C4)nc(C(C)(C)C)nc32)n1. The van der Waals surface area contributed by atoms with Gasteiger partial charge in [-0.25, -0.2) is 23.4 Å². The van der Waals surface area contributed by atoms with E-state index in [-0.39, 0.29) is 24.9 Å². The van der Waals surface area contributed by atoms with Gasteiger partial charge in [-0.1, -0.05) is 31.1 Å². The monoisotopic (exact) mass is 378 g/mol. The molecule has 11 heteroatoms. The van der Waals surface area contributed by atoms with Crippen molar-refractivity contribution in [1.82, 2.24) is 35.1 Å². The summed E-state index contributed by atoms with van der Waals surface area (Å²) >= 11 is 0. The number of aromatic nitrogens is 7. The highest BCUT2D eigenvalue weighted by Gasteiger charge is 2.40. The van der Waals surface area contributed by atoms with E-state index in [2.05, 4.69) is 30.4 Å². The summed E-state index contributed by atoms with van der Waals surface area (Å²) in [5, 5.41) is 12.0. The highest BCUT2D eigenvalue weighted by molar-refractivity contribution is 5.83. The second-order valence-corrected chi connectivity index (χ2v) is 7.80. The molecular formula is C16H20F2N8O. The molecule has 1 aliphatic heterocycles. The van der Waals surface area contributed by atoms with Gasteiger partial charge in [-0.3, -0.25) is 0 Å². The average molecular weight is 378 g/mol. The lowest BCUT2D eigenvalue weighted by atomic mass is 9.96. The van der Waals surface area contributed by atoms with Gasteiger partial charge in [-0.15, -0.1) is 5.10 Å². The maximum absolute atomic E-state index is 13.8. The standard InChI is InChI=1S/C16H20F2N8O/c1-9-19-10(27-23-9)7-26-13-11(22-24-26)12(20-14(21-13)15(2,3)4)25-6-5-16(17,18)8-25/h5-8H2,1-4H3. The summed E-state index contributed by atoms with van der Waals surface area (Å²) in [6, 6.07) is 0. The van der Waals surface area contributed by atoms with Crippen molar-refractivity contribution in [2.45, 2.75) is 52.0 Å². The molecule has 0 saturated carbocycles. The van der Waals surface area contributed by atoms with Crippen LogP contribution in [-0.4, -0.2) is 54.1 Å². The molecular weight excluding hydrogens is 358 g/mol. The summed E-state index contributed by atoms with van der Waals surface area (Å²) in [5.74, 6) is -0.944. The minimum atomic E-state index is -2.74. The van der Waals surface area contributed by atoms with Crippen LogP contribution >= 0.6 is 0 Å². The van der Waals surface area contributed by atoms with Gasteiger partial charge in [0.25, 0.3) is 5.92 Å². The van der Waals surface area contributed by atoms with Crippen molar-refractivity contribution in [3.8, 4) is 0 Å². The van der Waals surface area contributed by atoms with Crippen molar-refractivity contribution >= 4 is 17.0 Å². The van der Waals surface area contributed by atoms with Gasteiger partial charge in [0.05, 0.1) is 6.54 Å². The van der Waals surface area contributed by atoms with Crippen LogP contribution in [0.15, 0.2) is 4.52 Å². The topological polar surface area (TPSA) is 98.7 Å². The van der Waals surface area contributed by atoms with Gasteiger partial charge in [-0.2, -0.15) is 4.98 Å². The molecule has 3 aromatic heterocycles. The Morgan fingerprint density at radius 2 is 1.96 bits per heavy atom. The normalized spacial score (nSPS) is 17.2. The first-order valence-corrected chi connectivity index (χ1v) is 8.66. The van der Waals surface area contributed by atoms with Crippen LogP contribution in [0.2, 0.25) is 0 Å². The van der Waals surface area contributed by atoms with Crippen LogP contribution in [-0.2, 0) is 12.0 Å². The van der Waals surface area contributed by atoms with Gasteiger partial charge in [0.2, 0.25) is 5.89 Å². The Morgan fingerprint density at radius 1 is 1.19 bits per heavy atom. The summed E-state index contributed by atoms with van der Waals surface area (Å²) in [7, 11) is 0. The second-order valence-electron chi connectivity index (χ2n) is 7.80. The van der Waals surface area contributed by atoms with E-state index in [0.717, 1.165) is 0 Å². The largest absolute Gasteiger partial charge is 0.348 e. The van der Waals surface area contributed by atoms with E-state index >= 15 is 0 Å². The zero-order chi connectivity index (χ0) is 19.4. The van der Waals surface area contributed by atoms with Crippen LogP contribution in [0.25, 0.3) is 11.2 Å². The third-order valence-electron chi connectivity index (χ3n) is 4.34. The number of anilines is 1. The molecule has 0 aliphatic carbocycles. The summed E-state index contributed by atoms with van der Waals surface area (Å²) in [6.45, 7) is 7.62. The molecule has 0 aromatic carbocycles. The lowest BCUT2D eigenvalue weighted by molar-refractivity contribution is 0.0257. The molecule has 1 fully saturated rings. The van der Waals surface area contributed by atoms with Gasteiger partial charge in [-0.05, 0) is 6.92 Å². The Balaban J connectivity index is 1.82. The number of alkyl halides is 2. The Bertz CT molecular complexity index is 990. The van der Waals surface area contributed by atoms with Crippen molar-refractivity contribution in [2.75, 3.05) is 18.0 Å². The smallest absolute Gasteiger partial charge is 0.266 e. The highest BCUT2D eigenvalue weighted by Crippen LogP contribution is 2.34. The van der Waals surface area contributed by atoms with Crippen molar-refractivity contribution in [3.05, 3.63) is 17.5 Å². The van der Waals surface area contributed by atoms with Crippen LogP contribution in [0.5, 0.6) is 0 Å². The van der Waals surface area contributed by atoms with E-state index in [1.165, 1.54) is 4.68 Å². The molecule has 27 heavy (non-hydrogen) atoms. The number of halogens is 2. The van der Waals surface area contributed by atoms with Crippen molar-refractivity contribution in [2.24, 2.45) is 0 Å². The third-order valence-corrected chi connectivity index (χ3v) is 4.34.